The van der Waals surface area contributed by atoms with Gasteiger partial charge in [0.15, 0.2) is 0 Å². The molecule has 6 N–H and O–H groups in total. The molecule has 2 aromatic rings. The lowest BCUT2D eigenvalue weighted by molar-refractivity contribution is -0.121. The molecule has 0 bridgehead atoms. The van der Waals surface area contributed by atoms with E-state index in [4.69, 9.17) is 11.5 Å². The average Bonchev–Trinajstić information content (AvgIpc) is 3.15. The Labute approximate surface area is 183 Å². The summed E-state index contributed by atoms with van der Waals surface area (Å²) in [7, 11) is 0. The number of carbonyl (C=O) groups is 4. The molecule has 30 heavy (non-hydrogen) atoms. The molecule has 0 atom stereocenters. The molecule has 2 rings (SSSR count). The van der Waals surface area contributed by atoms with Crippen LogP contribution in [0.4, 0.5) is 10.0 Å². The number of aryl methyl sites for hydroxylation is 2. The molecule has 8 nitrogen and oxygen atoms in total. The van der Waals surface area contributed by atoms with Gasteiger partial charge < -0.3 is 22.1 Å². The van der Waals surface area contributed by atoms with Crippen molar-refractivity contribution >= 4 is 56.3 Å². The molecule has 162 valence electrons. The van der Waals surface area contributed by atoms with E-state index in [1.807, 2.05) is 27.7 Å². The minimum atomic E-state index is -0.594. The second-order valence-corrected chi connectivity index (χ2v) is 9.16. The van der Waals surface area contributed by atoms with E-state index >= 15 is 0 Å². The van der Waals surface area contributed by atoms with Gasteiger partial charge in [0.05, 0.1) is 11.1 Å². The molecular formula is C20H26N4O4S2. The molecule has 0 aliphatic heterocycles. The lowest BCUT2D eigenvalue weighted by atomic mass is 10.1. The minimum Gasteiger partial charge on any atom is -0.365 e. The number of carbonyl (C=O) groups excluding carboxylic acids is 4. The highest BCUT2D eigenvalue weighted by molar-refractivity contribution is 7.17. The number of hydrogen-bond acceptors (Lipinski definition) is 6. The molecule has 0 aliphatic carbocycles. The second kappa shape index (κ2) is 9.86. The first-order chi connectivity index (χ1) is 14.1. The third kappa shape index (κ3) is 5.06. The van der Waals surface area contributed by atoms with Crippen LogP contribution in [0, 0.1) is 13.8 Å². The zero-order valence-electron chi connectivity index (χ0n) is 17.4. The third-order valence-corrected chi connectivity index (χ3v) is 6.83. The highest BCUT2D eigenvalue weighted by atomic mass is 32.1. The van der Waals surface area contributed by atoms with E-state index in [0.29, 0.717) is 34.0 Å². The smallest absolute Gasteiger partial charge is 0.251 e. The molecule has 0 saturated heterocycles. The summed E-state index contributed by atoms with van der Waals surface area (Å²) in [6.45, 7) is 7.55. The molecule has 10 heteroatoms. The maximum Gasteiger partial charge on any atom is 0.251 e. The van der Waals surface area contributed by atoms with Crippen LogP contribution in [-0.4, -0.2) is 23.6 Å². The van der Waals surface area contributed by atoms with E-state index in [1.165, 1.54) is 22.7 Å². The molecule has 0 unspecified atom stereocenters. The Balaban J connectivity index is 2.04. The first-order valence-electron chi connectivity index (χ1n) is 9.54. The van der Waals surface area contributed by atoms with Crippen LogP contribution in [0.25, 0.3) is 0 Å². The van der Waals surface area contributed by atoms with Crippen LogP contribution in [0.5, 0.6) is 0 Å². The van der Waals surface area contributed by atoms with Gasteiger partial charge in [-0.15, -0.1) is 22.7 Å². The zero-order chi connectivity index (χ0) is 22.6. The van der Waals surface area contributed by atoms with Gasteiger partial charge >= 0.3 is 0 Å². The van der Waals surface area contributed by atoms with Gasteiger partial charge in [-0.25, -0.2) is 0 Å². The summed E-state index contributed by atoms with van der Waals surface area (Å²) < 4.78 is 0. The van der Waals surface area contributed by atoms with Gasteiger partial charge in [-0.3, -0.25) is 19.2 Å². The molecular weight excluding hydrogens is 424 g/mol. The van der Waals surface area contributed by atoms with Crippen molar-refractivity contribution in [3.8, 4) is 0 Å². The van der Waals surface area contributed by atoms with Crippen molar-refractivity contribution in [1.82, 2.24) is 0 Å². The quantitative estimate of drug-likeness (QED) is 0.465. The fraction of sp³-hybridized carbons (Fsp3) is 0.400. The number of amides is 4. The number of thiophene rings is 2. The number of primary amides is 2. The van der Waals surface area contributed by atoms with E-state index in [-0.39, 0.29) is 12.8 Å². The predicted octanol–water partition coefficient (Wildman–Crippen LogP) is 3.11. The molecule has 2 heterocycles. The van der Waals surface area contributed by atoms with E-state index in [2.05, 4.69) is 10.6 Å². The molecule has 0 saturated carbocycles. The Morgan fingerprint density at radius 1 is 0.733 bits per heavy atom. The Bertz CT molecular complexity index is 927. The number of hydrogen-bond donors (Lipinski definition) is 4. The number of rotatable bonds is 9. The van der Waals surface area contributed by atoms with Crippen molar-refractivity contribution in [3.05, 3.63) is 32.0 Å². The average molecular weight is 451 g/mol. The summed E-state index contributed by atoms with van der Waals surface area (Å²) >= 11 is 2.58. The second-order valence-electron chi connectivity index (χ2n) is 6.71. The van der Waals surface area contributed by atoms with Crippen LogP contribution in [-0.2, 0) is 22.4 Å². The van der Waals surface area contributed by atoms with Gasteiger partial charge in [-0.05, 0) is 37.8 Å². The molecule has 0 radical (unpaired) electrons. The molecule has 4 amide bonds. The van der Waals surface area contributed by atoms with E-state index < -0.39 is 23.6 Å². The van der Waals surface area contributed by atoms with Gasteiger partial charge in [0, 0.05) is 22.6 Å². The van der Waals surface area contributed by atoms with Crippen LogP contribution in [0.2, 0.25) is 0 Å². The Morgan fingerprint density at radius 3 is 1.33 bits per heavy atom. The maximum atomic E-state index is 12.3. The number of nitrogens with one attached hydrogen (secondary N) is 2. The van der Waals surface area contributed by atoms with Gasteiger partial charge in [0.1, 0.15) is 10.0 Å². The van der Waals surface area contributed by atoms with Crippen LogP contribution in [0.15, 0.2) is 0 Å². The Hall–Kier alpha value is -2.72. The van der Waals surface area contributed by atoms with Crippen molar-refractivity contribution in [1.29, 1.82) is 0 Å². The maximum absolute atomic E-state index is 12.3. The van der Waals surface area contributed by atoms with Crippen molar-refractivity contribution in [2.75, 3.05) is 10.6 Å². The molecule has 0 aromatic carbocycles. The summed E-state index contributed by atoms with van der Waals surface area (Å²) in [6.07, 6.45) is 1.08. The fourth-order valence-electron chi connectivity index (χ4n) is 3.31. The lowest BCUT2D eigenvalue weighted by Gasteiger charge is -2.07. The normalized spacial score (nSPS) is 10.7. The molecule has 0 fully saturated rings. The van der Waals surface area contributed by atoms with Gasteiger partial charge in [0.25, 0.3) is 11.8 Å². The highest BCUT2D eigenvalue weighted by Gasteiger charge is 2.22. The van der Waals surface area contributed by atoms with Gasteiger partial charge in [-0.2, -0.15) is 0 Å². The van der Waals surface area contributed by atoms with Crippen molar-refractivity contribution in [2.24, 2.45) is 11.5 Å². The molecule has 0 aliphatic rings. The van der Waals surface area contributed by atoms with Crippen LogP contribution >= 0.6 is 22.7 Å². The largest absolute Gasteiger partial charge is 0.365 e. The molecule has 2 aromatic heterocycles. The topological polar surface area (TPSA) is 144 Å². The SMILES string of the molecule is CCc1c(C)sc(NC(=O)CCC(=O)Nc2sc(C)c(CC)c2C(N)=O)c1C(N)=O. The first kappa shape index (κ1) is 23.6. The van der Waals surface area contributed by atoms with Crippen molar-refractivity contribution < 1.29 is 19.2 Å². The standard InChI is InChI=1S/C20H26N4O4S2/c1-5-11-9(3)29-19(15(11)17(21)27)23-13(25)7-8-14(26)24-20-16(18(22)28)12(6-2)10(4)30-20/h5-8H2,1-4H3,(H2,21,27)(H2,22,28)(H,23,25)(H,24,26). The summed E-state index contributed by atoms with van der Waals surface area (Å²) in [6, 6.07) is 0. The lowest BCUT2D eigenvalue weighted by Crippen LogP contribution is -2.20. The van der Waals surface area contributed by atoms with Crippen LogP contribution < -0.4 is 22.1 Å². The van der Waals surface area contributed by atoms with Crippen LogP contribution in [0.3, 0.4) is 0 Å². The van der Waals surface area contributed by atoms with Gasteiger partial charge in [0.2, 0.25) is 11.8 Å². The van der Waals surface area contributed by atoms with Crippen molar-refractivity contribution in [2.45, 2.75) is 53.4 Å². The summed E-state index contributed by atoms with van der Waals surface area (Å²) in [5.74, 6) is -1.99. The van der Waals surface area contributed by atoms with E-state index in [1.54, 1.807) is 0 Å². The fourth-order valence-corrected chi connectivity index (χ4v) is 5.64. The molecule has 0 spiro atoms. The van der Waals surface area contributed by atoms with Crippen molar-refractivity contribution in [3.63, 3.8) is 0 Å². The predicted molar refractivity (Wildman–Crippen MR) is 120 cm³/mol. The summed E-state index contributed by atoms with van der Waals surface area (Å²) in [4.78, 5) is 50.0. The zero-order valence-corrected chi connectivity index (χ0v) is 19.1. The van der Waals surface area contributed by atoms with Crippen LogP contribution in [0.1, 0.15) is 68.3 Å². The minimum absolute atomic E-state index is 0.0840. The van der Waals surface area contributed by atoms with E-state index in [0.717, 1.165) is 20.9 Å². The number of anilines is 2. The first-order valence-corrected chi connectivity index (χ1v) is 11.2. The summed E-state index contributed by atoms with van der Waals surface area (Å²) in [5, 5.41) is 6.18. The Kier molecular flexibility index (Phi) is 7.74. The Morgan fingerprint density at radius 2 is 1.07 bits per heavy atom. The highest BCUT2D eigenvalue weighted by Crippen LogP contribution is 2.34. The third-order valence-electron chi connectivity index (χ3n) is 4.70. The monoisotopic (exact) mass is 450 g/mol. The number of nitrogens with two attached hydrogens (primary N) is 2. The summed E-state index contributed by atoms with van der Waals surface area (Å²) in [5.41, 5.74) is 13.2. The van der Waals surface area contributed by atoms with E-state index in [9.17, 15) is 19.2 Å². The van der Waals surface area contributed by atoms with Gasteiger partial charge in [-0.1, -0.05) is 13.8 Å².